The highest BCUT2D eigenvalue weighted by molar-refractivity contribution is 6.09. The molecule has 0 radical (unpaired) electrons. The van der Waals surface area contributed by atoms with Gasteiger partial charge in [-0.3, -0.25) is 4.79 Å². The Hall–Kier alpha value is -3.27. The first-order valence-corrected chi connectivity index (χ1v) is 8.07. The van der Waals surface area contributed by atoms with Gasteiger partial charge in [-0.05, 0) is 44.2 Å². The van der Waals surface area contributed by atoms with Crippen molar-refractivity contribution in [2.24, 2.45) is 0 Å². The number of nitrogens with one attached hydrogen (secondary N) is 1. The molecule has 0 heterocycles. The fourth-order valence-electron chi connectivity index (χ4n) is 2.24. The average Bonchev–Trinajstić information content (AvgIpc) is 2.60. The van der Waals surface area contributed by atoms with Crippen molar-refractivity contribution in [1.29, 1.82) is 5.26 Å². The zero-order chi connectivity index (χ0) is 20.0. The van der Waals surface area contributed by atoms with Crippen LogP contribution < -0.4 is 10.1 Å². The Bertz CT molecular complexity index is 897. The lowest BCUT2D eigenvalue weighted by Gasteiger charge is -2.12. The molecule has 0 unspecified atom stereocenters. The van der Waals surface area contributed by atoms with Crippen molar-refractivity contribution in [2.45, 2.75) is 26.1 Å². The van der Waals surface area contributed by atoms with Gasteiger partial charge >= 0.3 is 6.18 Å². The lowest BCUT2D eigenvalue weighted by atomic mass is 10.1. The third-order valence-corrected chi connectivity index (χ3v) is 3.39. The van der Waals surface area contributed by atoms with Gasteiger partial charge in [-0.15, -0.1) is 0 Å². The molecular formula is C20H17F3N2O2. The molecule has 4 nitrogen and oxygen atoms in total. The fourth-order valence-corrected chi connectivity index (χ4v) is 2.24. The number of para-hydroxylation sites is 1. The predicted molar refractivity (Wildman–Crippen MR) is 95.9 cm³/mol. The Kier molecular flexibility index (Phi) is 6.24. The van der Waals surface area contributed by atoms with Gasteiger partial charge in [-0.25, -0.2) is 0 Å². The number of rotatable bonds is 5. The maximum absolute atomic E-state index is 12.8. The van der Waals surface area contributed by atoms with Gasteiger partial charge in [-0.2, -0.15) is 18.4 Å². The van der Waals surface area contributed by atoms with Gasteiger partial charge in [0.25, 0.3) is 5.91 Å². The van der Waals surface area contributed by atoms with Crippen LogP contribution in [0.5, 0.6) is 5.75 Å². The number of nitriles is 1. The summed E-state index contributed by atoms with van der Waals surface area (Å²) in [6.45, 7) is 3.68. The van der Waals surface area contributed by atoms with Gasteiger partial charge in [0.15, 0.2) is 0 Å². The van der Waals surface area contributed by atoms with Gasteiger partial charge in [-0.1, -0.05) is 24.3 Å². The molecule has 0 aliphatic carbocycles. The van der Waals surface area contributed by atoms with E-state index in [-0.39, 0.29) is 17.4 Å². The van der Waals surface area contributed by atoms with E-state index in [0.29, 0.717) is 11.3 Å². The van der Waals surface area contributed by atoms with Crippen LogP contribution in [-0.2, 0) is 11.0 Å². The molecule has 0 bridgehead atoms. The van der Waals surface area contributed by atoms with Crippen LogP contribution in [0, 0.1) is 11.3 Å². The molecule has 1 amide bonds. The molecule has 0 saturated heterocycles. The van der Waals surface area contributed by atoms with E-state index >= 15 is 0 Å². The molecule has 0 aliphatic rings. The highest BCUT2D eigenvalue weighted by Gasteiger charge is 2.30. The number of ether oxygens (including phenoxy) is 1. The molecule has 2 aromatic carbocycles. The lowest BCUT2D eigenvalue weighted by molar-refractivity contribution is -0.137. The fraction of sp³-hybridized carbons (Fsp3) is 0.200. The van der Waals surface area contributed by atoms with E-state index in [1.807, 2.05) is 13.8 Å². The molecule has 0 aliphatic heterocycles. The summed E-state index contributed by atoms with van der Waals surface area (Å²) in [4.78, 5) is 12.3. The number of carbonyl (C=O) groups is 1. The van der Waals surface area contributed by atoms with Crippen molar-refractivity contribution in [3.63, 3.8) is 0 Å². The number of amides is 1. The number of nitrogens with zero attached hydrogens (tertiary/aromatic N) is 1. The molecule has 1 N–H and O–H groups in total. The SMILES string of the molecule is CC(C)Oc1ccccc1/C=C(/C#N)C(=O)Nc1cccc(C(F)(F)F)c1. The van der Waals surface area contributed by atoms with E-state index in [1.54, 1.807) is 30.3 Å². The standard InChI is InChI=1S/C20H17F3N2O2/c1-13(2)27-18-9-4-3-6-14(18)10-15(12-24)19(26)25-17-8-5-7-16(11-17)20(21,22)23/h3-11,13H,1-2H3,(H,25,26)/b15-10-. The van der Waals surface area contributed by atoms with E-state index in [2.05, 4.69) is 5.32 Å². The second-order valence-corrected chi connectivity index (χ2v) is 5.91. The minimum atomic E-state index is -4.53. The monoisotopic (exact) mass is 374 g/mol. The third-order valence-electron chi connectivity index (χ3n) is 3.39. The Morgan fingerprint density at radius 2 is 1.89 bits per heavy atom. The van der Waals surface area contributed by atoms with Crippen LogP contribution in [0.3, 0.4) is 0 Å². The smallest absolute Gasteiger partial charge is 0.416 e. The predicted octanol–water partition coefficient (Wildman–Crippen LogP) is 5.04. The number of anilines is 1. The van der Waals surface area contributed by atoms with E-state index in [0.717, 1.165) is 12.1 Å². The van der Waals surface area contributed by atoms with E-state index in [4.69, 9.17) is 4.74 Å². The van der Waals surface area contributed by atoms with Crippen molar-refractivity contribution in [3.8, 4) is 11.8 Å². The lowest BCUT2D eigenvalue weighted by Crippen LogP contribution is -2.14. The Labute approximate surface area is 154 Å². The summed E-state index contributed by atoms with van der Waals surface area (Å²) in [5.74, 6) is -0.316. The minimum absolute atomic E-state index is 0.0531. The maximum Gasteiger partial charge on any atom is 0.416 e. The minimum Gasteiger partial charge on any atom is -0.490 e. The number of carbonyl (C=O) groups excluding carboxylic acids is 1. The van der Waals surface area contributed by atoms with E-state index in [1.165, 1.54) is 18.2 Å². The highest BCUT2D eigenvalue weighted by Crippen LogP contribution is 2.30. The maximum atomic E-state index is 12.8. The van der Waals surface area contributed by atoms with Crippen molar-refractivity contribution in [2.75, 3.05) is 5.32 Å². The van der Waals surface area contributed by atoms with Crippen LogP contribution in [0.15, 0.2) is 54.1 Å². The average molecular weight is 374 g/mol. The quantitative estimate of drug-likeness (QED) is 0.589. The molecule has 2 aromatic rings. The third kappa shape index (κ3) is 5.61. The Morgan fingerprint density at radius 1 is 1.19 bits per heavy atom. The summed E-state index contributed by atoms with van der Waals surface area (Å²) in [5, 5.41) is 11.6. The molecular weight excluding hydrogens is 357 g/mol. The van der Waals surface area contributed by atoms with Crippen LogP contribution in [0.2, 0.25) is 0 Å². The first-order valence-electron chi connectivity index (χ1n) is 8.07. The first kappa shape index (κ1) is 20.0. The summed E-state index contributed by atoms with van der Waals surface area (Å²) in [7, 11) is 0. The summed E-state index contributed by atoms with van der Waals surface area (Å²) in [6.07, 6.45) is -3.30. The van der Waals surface area contributed by atoms with Crippen LogP contribution >= 0.6 is 0 Å². The number of halogens is 3. The number of hydrogen-bond donors (Lipinski definition) is 1. The Morgan fingerprint density at radius 3 is 2.52 bits per heavy atom. The van der Waals surface area contributed by atoms with Gasteiger partial charge in [0.05, 0.1) is 11.7 Å². The van der Waals surface area contributed by atoms with E-state index in [9.17, 15) is 23.2 Å². The van der Waals surface area contributed by atoms with Gasteiger partial charge in [0.2, 0.25) is 0 Å². The highest BCUT2D eigenvalue weighted by atomic mass is 19.4. The van der Waals surface area contributed by atoms with Crippen LogP contribution in [0.4, 0.5) is 18.9 Å². The number of alkyl halides is 3. The molecule has 2 rings (SSSR count). The van der Waals surface area contributed by atoms with Crippen molar-refractivity contribution in [1.82, 2.24) is 0 Å². The molecule has 0 spiro atoms. The topological polar surface area (TPSA) is 62.1 Å². The van der Waals surface area contributed by atoms with Crippen molar-refractivity contribution >= 4 is 17.7 Å². The molecule has 0 aromatic heterocycles. The van der Waals surface area contributed by atoms with Gasteiger partial charge in [0.1, 0.15) is 17.4 Å². The summed E-state index contributed by atoms with van der Waals surface area (Å²) >= 11 is 0. The molecule has 0 saturated carbocycles. The largest absolute Gasteiger partial charge is 0.490 e. The summed E-state index contributed by atoms with van der Waals surface area (Å²) < 4.78 is 44.0. The van der Waals surface area contributed by atoms with Crippen molar-refractivity contribution in [3.05, 3.63) is 65.2 Å². The molecule has 7 heteroatoms. The van der Waals surface area contributed by atoms with E-state index < -0.39 is 17.6 Å². The summed E-state index contributed by atoms with van der Waals surface area (Å²) in [5.41, 5.74) is -0.685. The van der Waals surface area contributed by atoms with Crippen LogP contribution in [-0.4, -0.2) is 12.0 Å². The molecule has 0 fully saturated rings. The number of benzene rings is 2. The first-order chi connectivity index (χ1) is 12.7. The van der Waals surface area contributed by atoms with Crippen LogP contribution in [0.1, 0.15) is 25.0 Å². The second kappa shape index (κ2) is 8.41. The molecule has 0 atom stereocenters. The Balaban J connectivity index is 2.27. The molecule has 140 valence electrons. The zero-order valence-corrected chi connectivity index (χ0v) is 14.7. The van der Waals surface area contributed by atoms with Crippen molar-refractivity contribution < 1.29 is 22.7 Å². The van der Waals surface area contributed by atoms with Gasteiger partial charge in [0, 0.05) is 11.3 Å². The zero-order valence-electron chi connectivity index (χ0n) is 14.7. The second-order valence-electron chi connectivity index (χ2n) is 5.91. The summed E-state index contributed by atoms with van der Waals surface area (Å²) in [6, 6.07) is 12.8. The molecule has 27 heavy (non-hydrogen) atoms. The number of hydrogen-bond acceptors (Lipinski definition) is 3. The normalized spacial score (nSPS) is 11.8. The van der Waals surface area contributed by atoms with Gasteiger partial charge < -0.3 is 10.1 Å². The van der Waals surface area contributed by atoms with Crippen LogP contribution in [0.25, 0.3) is 6.08 Å².